The normalized spacial score (nSPS) is 14.3. The molecule has 0 saturated carbocycles. The molecule has 5 heteroatoms. The van der Waals surface area contributed by atoms with Gasteiger partial charge in [-0.1, -0.05) is 30.3 Å². The van der Waals surface area contributed by atoms with Gasteiger partial charge in [0, 0.05) is 12.2 Å². The van der Waals surface area contributed by atoms with Crippen LogP contribution in [-0.4, -0.2) is 27.5 Å². The Morgan fingerprint density at radius 2 is 2.11 bits per heavy atom. The fourth-order valence-corrected chi connectivity index (χ4v) is 2.38. The Labute approximate surface area is 121 Å². The van der Waals surface area contributed by atoms with E-state index in [2.05, 4.69) is 33.3 Å². The minimum Gasteiger partial charge on any atom is -0.394 e. The highest BCUT2D eigenvalue weighted by Gasteiger charge is 2.13. The molecule has 0 aliphatic rings. The van der Waals surface area contributed by atoms with E-state index in [1.165, 1.54) is 0 Å². The molecule has 2 aromatic rings. The van der Waals surface area contributed by atoms with Crippen LogP contribution in [0.1, 0.15) is 18.5 Å². The van der Waals surface area contributed by atoms with Crippen molar-refractivity contribution in [1.82, 2.24) is 15.1 Å². The van der Waals surface area contributed by atoms with E-state index >= 15 is 0 Å². The molecule has 1 unspecified atom stereocenters. The highest BCUT2D eigenvalue weighted by molar-refractivity contribution is 9.10. The molecule has 102 valence electrons. The summed E-state index contributed by atoms with van der Waals surface area (Å²) < 4.78 is 2.85. The Hall–Kier alpha value is -1.17. The molecule has 2 rings (SSSR count). The van der Waals surface area contributed by atoms with Gasteiger partial charge in [-0.2, -0.15) is 5.10 Å². The second-order valence-electron chi connectivity index (χ2n) is 4.59. The molecule has 2 atom stereocenters. The van der Waals surface area contributed by atoms with E-state index < -0.39 is 0 Å². The predicted octanol–water partition coefficient (Wildman–Crippen LogP) is 2.36. The van der Waals surface area contributed by atoms with Crippen LogP contribution in [0.3, 0.4) is 0 Å². The first-order valence-corrected chi connectivity index (χ1v) is 7.08. The van der Waals surface area contributed by atoms with E-state index in [1.54, 1.807) is 6.20 Å². The van der Waals surface area contributed by atoms with Crippen molar-refractivity contribution >= 4 is 15.9 Å². The number of aromatic nitrogens is 2. The van der Waals surface area contributed by atoms with Gasteiger partial charge in [0.2, 0.25) is 0 Å². The first-order chi connectivity index (χ1) is 9.19. The number of nitrogens with one attached hydrogen (secondary N) is 1. The lowest BCUT2D eigenvalue weighted by molar-refractivity contribution is 0.230. The second kappa shape index (κ2) is 6.84. The maximum absolute atomic E-state index is 9.51. The van der Waals surface area contributed by atoms with Gasteiger partial charge in [0.1, 0.15) is 0 Å². The number of hydrogen-bond donors (Lipinski definition) is 2. The minimum absolute atomic E-state index is 0.0461. The molecule has 4 nitrogen and oxygen atoms in total. The van der Waals surface area contributed by atoms with Crippen molar-refractivity contribution in [3.63, 3.8) is 0 Å². The minimum atomic E-state index is -0.0461. The summed E-state index contributed by atoms with van der Waals surface area (Å²) in [5, 5.41) is 17.1. The Morgan fingerprint density at radius 3 is 2.68 bits per heavy atom. The molecule has 2 N–H and O–H groups in total. The van der Waals surface area contributed by atoms with Crippen LogP contribution in [0.4, 0.5) is 0 Å². The van der Waals surface area contributed by atoms with Gasteiger partial charge < -0.3 is 10.4 Å². The Balaban J connectivity index is 1.95. The number of benzene rings is 1. The highest BCUT2D eigenvalue weighted by Crippen LogP contribution is 2.13. The molecular weight excluding hydrogens is 306 g/mol. The molecule has 1 aromatic carbocycles. The van der Waals surface area contributed by atoms with Crippen LogP contribution in [0, 0.1) is 0 Å². The molecule has 1 heterocycles. The number of hydrogen-bond acceptors (Lipinski definition) is 3. The Morgan fingerprint density at radius 1 is 1.37 bits per heavy atom. The predicted molar refractivity (Wildman–Crippen MR) is 78.8 cm³/mol. The van der Waals surface area contributed by atoms with Gasteiger partial charge in [-0.25, -0.2) is 0 Å². The zero-order valence-electron chi connectivity index (χ0n) is 10.8. The van der Waals surface area contributed by atoms with Crippen LogP contribution in [0.15, 0.2) is 47.2 Å². The topological polar surface area (TPSA) is 50.1 Å². The summed E-state index contributed by atoms with van der Waals surface area (Å²) in [4.78, 5) is 0. The van der Waals surface area contributed by atoms with Crippen LogP contribution < -0.4 is 5.32 Å². The van der Waals surface area contributed by atoms with E-state index in [1.807, 2.05) is 41.2 Å². The van der Waals surface area contributed by atoms with Crippen LogP contribution in [-0.2, 0) is 6.54 Å². The molecule has 0 spiro atoms. The van der Waals surface area contributed by atoms with Crippen LogP contribution in [0.25, 0.3) is 0 Å². The summed E-state index contributed by atoms with van der Waals surface area (Å²) in [5.41, 5.74) is 1.10. The summed E-state index contributed by atoms with van der Waals surface area (Å²) in [7, 11) is 0. The second-order valence-corrected chi connectivity index (χ2v) is 5.51. The van der Waals surface area contributed by atoms with Crippen molar-refractivity contribution in [2.75, 3.05) is 6.61 Å². The van der Waals surface area contributed by atoms with Gasteiger partial charge in [0.25, 0.3) is 0 Å². The maximum Gasteiger partial charge on any atom is 0.0632 e. The van der Waals surface area contributed by atoms with Crippen molar-refractivity contribution in [3.8, 4) is 0 Å². The average molecular weight is 324 g/mol. The number of nitrogens with zero attached hydrogens (tertiary/aromatic N) is 2. The van der Waals surface area contributed by atoms with Crippen molar-refractivity contribution in [2.24, 2.45) is 0 Å². The number of aliphatic hydroxyl groups is 1. The molecule has 0 amide bonds. The van der Waals surface area contributed by atoms with E-state index in [0.29, 0.717) is 0 Å². The summed E-state index contributed by atoms with van der Waals surface area (Å²) in [6.07, 6.45) is 3.71. The van der Waals surface area contributed by atoms with Crippen molar-refractivity contribution in [1.29, 1.82) is 0 Å². The van der Waals surface area contributed by atoms with Crippen LogP contribution >= 0.6 is 15.9 Å². The molecule has 1 aromatic heterocycles. The number of rotatable bonds is 6. The third kappa shape index (κ3) is 4.16. The van der Waals surface area contributed by atoms with E-state index in [0.717, 1.165) is 16.6 Å². The van der Waals surface area contributed by atoms with Gasteiger partial charge in [0.15, 0.2) is 0 Å². The van der Waals surface area contributed by atoms with Crippen molar-refractivity contribution in [3.05, 3.63) is 52.8 Å². The number of aliphatic hydroxyl groups excluding tert-OH is 1. The molecule has 0 saturated heterocycles. The first-order valence-electron chi connectivity index (χ1n) is 6.29. The highest BCUT2D eigenvalue weighted by atomic mass is 79.9. The third-order valence-electron chi connectivity index (χ3n) is 2.93. The van der Waals surface area contributed by atoms with Crippen LogP contribution in [0.2, 0.25) is 0 Å². The molecule has 0 aliphatic heterocycles. The van der Waals surface area contributed by atoms with E-state index in [-0.39, 0.29) is 18.7 Å². The van der Waals surface area contributed by atoms with Crippen LogP contribution in [0.5, 0.6) is 0 Å². The lowest BCUT2D eigenvalue weighted by Crippen LogP contribution is -2.35. The quantitative estimate of drug-likeness (QED) is 0.858. The first kappa shape index (κ1) is 14.2. The monoisotopic (exact) mass is 323 g/mol. The average Bonchev–Trinajstić information content (AvgIpc) is 2.82. The Kier molecular flexibility index (Phi) is 5.13. The summed E-state index contributed by atoms with van der Waals surface area (Å²) in [6.45, 7) is 2.92. The zero-order valence-corrected chi connectivity index (χ0v) is 12.4. The summed E-state index contributed by atoms with van der Waals surface area (Å²) in [6, 6.07) is 10.1. The van der Waals surface area contributed by atoms with Crippen molar-refractivity contribution < 1.29 is 5.11 Å². The maximum atomic E-state index is 9.51. The fraction of sp³-hybridized carbons (Fsp3) is 0.357. The lowest BCUT2D eigenvalue weighted by Gasteiger charge is -2.22. The van der Waals surface area contributed by atoms with Gasteiger partial charge in [0.05, 0.1) is 29.9 Å². The Bertz CT molecular complexity index is 500. The molecule has 19 heavy (non-hydrogen) atoms. The van der Waals surface area contributed by atoms with Gasteiger partial charge in [-0.3, -0.25) is 4.68 Å². The van der Waals surface area contributed by atoms with Gasteiger partial charge in [-0.15, -0.1) is 0 Å². The fourth-order valence-electron chi connectivity index (χ4n) is 2.05. The smallest absolute Gasteiger partial charge is 0.0632 e. The van der Waals surface area contributed by atoms with Crippen molar-refractivity contribution in [2.45, 2.75) is 25.6 Å². The molecule has 0 radical (unpaired) electrons. The summed E-state index contributed by atoms with van der Waals surface area (Å²) >= 11 is 3.38. The third-order valence-corrected chi connectivity index (χ3v) is 3.34. The molecule has 0 bridgehead atoms. The molecule has 0 aliphatic carbocycles. The lowest BCUT2D eigenvalue weighted by atomic mass is 10.1. The zero-order chi connectivity index (χ0) is 13.7. The van der Waals surface area contributed by atoms with Gasteiger partial charge in [-0.05, 0) is 28.4 Å². The molecular formula is C14H18BrN3O. The van der Waals surface area contributed by atoms with E-state index in [9.17, 15) is 5.11 Å². The standard InChI is InChI=1S/C14H18BrN3O/c1-11(8-18-9-13(15)7-16-18)17-14(10-19)12-5-3-2-4-6-12/h2-7,9,11,14,17,19H,8,10H2,1H3/t11?,14-/m1/s1. The van der Waals surface area contributed by atoms with Gasteiger partial charge >= 0.3 is 0 Å². The summed E-state index contributed by atoms with van der Waals surface area (Å²) in [5.74, 6) is 0. The van der Waals surface area contributed by atoms with E-state index in [4.69, 9.17) is 0 Å². The number of halogens is 1. The SMILES string of the molecule is CC(Cn1cc(Br)cn1)N[C@H](CO)c1ccccc1. The largest absolute Gasteiger partial charge is 0.394 e. The molecule has 0 fully saturated rings.